The van der Waals surface area contributed by atoms with Gasteiger partial charge in [0, 0.05) is 4.75 Å². The Kier molecular flexibility index (Phi) is 6.73. The quantitative estimate of drug-likeness (QED) is 0.499. The largest absolute Gasteiger partial charge is 0.168 e. The molecule has 0 aromatic heterocycles. The van der Waals surface area contributed by atoms with Crippen LogP contribution in [0.15, 0.2) is 36.0 Å². The Hall–Kier alpha value is -0.430. The first-order valence-electron chi connectivity index (χ1n) is 5.24. The van der Waals surface area contributed by atoms with Crippen LogP contribution in [0.1, 0.15) is 40.5 Å². The Morgan fingerprint density at radius 3 is 2.43 bits per heavy atom. The number of hydrogen-bond acceptors (Lipinski definition) is 1. The molecule has 0 bridgehead atoms. The Labute approximate surface area is 94.2 Å². The van der Waals surface area contributed by atoms with Gasteiger partial charge in [-0.05, 0) is 32.8 Å². The first-order chi connectivity index (χ1) is 6.52. The van der Waals surface area contributed by atoms with E-state index in [1.165, 1.54) is 12.0 Å². The van der Waals surface area contributed by atoms with Crippen molar-refractivity contribution in [3.63, 3.8) is 0 Å². The molecule has 0 amide bonds. The van der Waals surface area contributed by atoms with Gasteiger partial charge in [0.2, 0.25) is 0 Å². The first kappa shape index (κ1) is 13.6. The molecule has 0 radical (unpaired) electrons. The lowest BCUT2D eigenvalue weighted by Crippen LogP contribution is -2.12. The van der Waals surface area contributed by atoms with Crippen molar-refractivity contribution in [1.82, 2.24) is 0 Å². The van der Waals surface area contributed by atoms with Crippen LogP contribution in [0.2, 0.25) is 0 Å². The summed E-state index contributed by atoms with van der Waals surface area (Å²) in [5, 5.41) is 0. The van der Waals surface area contributed by atoms with Crippen molar-refractivity contribution >= 4 is 12.6 Å². The van der Waals surface area contributed by atoms with Gasteiger partial charge >= 0.3 is 0 Å². The highest BCUT2D eigenvalue weighted by molar-refractivity contribution is 7.82. The predicted octanol–water partition coefficient (Wildman–Crippen LogP) is 4.55. The minimum absolute atomic E-state index is 0.0664. The van der Waals surface area contributed by atoms with E-state index in [4.69, 9.17) is 0 Å². The predicted molar refractivity (Wildman–Crippen MR) is 70.0 cm³/mol. The molecule has 0 aliphatic heterocycles. The van der Waals surface area contributed by atoms with Crippen molar-refractivity contribution in [2.45, 2.75) is 45.3 Å². The molecule has 0 atom stereocenters. The molecule has 14 heavy (non-hydrogen) atoms. The lowest BCUT2D eigenvalue weighted by atomic mass is 10.0. The summed E-state index contributed by atoms with van der Waals surface area (Å²) in [7, 11) is 0. The van der Waals surface area contributed by atoms with E-state index in [0.717, 1.165) is 6.42 Å². The molecule has 0 aliphatic carbocycles. The van der Waals surface area contributed by atoms with Crippen LogP contribution in [0.3, 0.4) is 0 Å². The standard InChI is InChI=1S/C13H22S/c1-5-7-8-9-11-12(10-6-2)13(3,4)14/h6,8-11,14H,5,7H2,1-4H3. The molecule has 80 valence electrons. The second kappa shape index (κ2) is 6.94. The molecular formula is C13H22S. The third-order valence-corrected chi connectivity index (χ3v) is 2.18. The zero-order chi connectivity index (χ0) is 11.0. The summed E-state index contributed by atoms with van der Waals surface area (Å²) in [4.78, 5) is 0. The van der Waals surface area contributed by atoms with E-state index in [0.29, 0.717) is 0 Å². The van der Waals surface area contributed by atoms with Crippen molar-refractivity contribution in [2.24, 2.45) is 0 Å². The molecule has 0 nitrogen and oxygen atoms in total. The molecule has 0 aliphatic rings. The van der Waals surface area contributed by atoms with Crippen LogP contribution in [0, 0.1) is 0 Å². The molecule has 0 aromatic carbocycles. The van der Waals surface area contributed by atoms with Crippen LogP contribution in [0.25, 0.3) is 0 Å². The molecule has 0 fully saturated rings. The van der Waals surface area contributed by atoms with Crippen molar-refractivity contribution in [1.29, 1.82) is 0 Å². The molecule has 0 spiro atoms. The van der Waals surface area contributed by atoms with Crippen molar-refractivity contribution in [3.8, 4) is 0 Å². The highest BCUT2D eigenvalue weighted by atomic mass is 32.1. The molecule has 0 saturated heterocycles. The van der Waals surface area contributed by atoms with E-state index < -0.39 is 0 Å². The van der Waals surface area contributed by atoms with Gasteiger partial charge in [0.1, 0.15) is 0 Å². The first-order valence-corrected chi connectivity index (χ1v) is 5.69. The van der Waals surface area contributed by atoms with Crippen molar-refractivity contribution < 1.29 is 0 Å². The number of rotatable bonds is 5. The van der Waals surface area contributed by atoms with E-state index in [9.17, 15) is 0 Å². The number of thiol groups is 1. The molecule has 0 unspecified atom stereocenters. The molecule has 0 aromatic rings. The summed E-state index contributed by atoms with van der Waals surface area (Å²) in [6.07, 6.45) is 13.0. The smallest absolute Gasteiger partial charge is 0.0321 e. The summed E-state index contributed by atoms with van der Waals surface area (Å²) in [6.45, 7) is 8.43. The van der Waals surface area contributed by atoms with E-state index in [2.05, 4.69) is 63.8 Å². The SMILES string of the molecule is CC=CC(=CC=CCCC)C(C)(C)S. The fourth-order valence-electron chi connectivity index (χ4n) is 1.08. The fourth-order valence-corrected chi connectivity index (χ4v) is 1.23. The molecular weight excluding hydrogens is 188 g/mol. The third-order valence-electron chi connectivity index (χ3n) is 1.92. The average molecular weight is 210 g/mol. The molecule has 0 rings (SSSR count). The maximum Gasteiger partial charge on any atom is 0.0321 e. The maximum atomic E-state index is 4.56. The van der Waals surface area contributed by atoms with Gasteiger partial charge in [-0.25, -0.2) is 0 Å². The lowest BCUT2D eigenvalue weighted by Gasteiger charge is -2.18. The molecule has 0 N–H and O–H groups in total. The van der Waals surface area contributed by atoms with Crippen LogP contribution in [0.4, 0.5) is 0 Å². The van der Waals surface area contributed by atoms with Crippen molar-refractivity contribution in [3.05, 3.63) is 36.0 Å². The number of allylic oxidation sites excluding steroid dienone is 5. The molecule has 1 heteroatoms. The summed E-state index contributed by atoms with van der Waals surface area (Å²) in [5.41, 5.74) is 1.25. The van der Waals surface area contributed by atoms with Gasteiger partial charge in [0.25, 0.3) is 0 Å². The van der Waals surface area contributed by atoms with Crippen LogP contribution >= 0.6 is 12.6 Å². The molecule has 0 heterocycles. The summed E-state index contributed by atoms with van der Waals surface area (Å²) in [6, 6.07) is 0. The van der Waals surface area contributed by atoms with Gasteiger partial charge < -0.3 is 0 Å². The summed E-state index contributed by atoms with van der Waals surface area (Å²) in [5.74, 6) is 0. The van der Waals surface area contributed by atoms with E-state index >= 15 is 0 Å². The third kappa shape index (κ3) is 6.09. The molecule has 0 saturated carbocycles. The van der Waals surface area contributed by atoms with Gasteiger partial charge in [-0.1, -0.05) is 43.7 Å². The Morgan fingerprint density at radius 1 is 1.36 bits per heavy atom. The highest BCUT2D eigenvalue weighted by Gasteiger charge is 2.14. The maximum absolute atomic E-state index is 4.56. The monoisotopic (exact) mass is 210 g/mol. The van der Waals surface area contributed by atoms with Crippen LogP contribution in [0.5, 0.6) is 0 Å². The van der Waals surface area contributed by atoms with Gasteiger partial charge in [-0.15, -0.1) is 0 Å². The van der Waals surface area contributed by atoms with E-state index in [1.54, 1.807) is 0 Å². The van der Waals surface area contributed by atoms with E-state index in [-0.39, 0.29) is 4.75 Å². The van der Waals surface area contributed by atoms with E-state index in [1.807, 2.05) is 6.92 Å². The van der Waals surface area contributed by atoms with Gasteiger partial charge in [-0.3, -0.25) is 0 Å². The van der Waals surface area contributed by atoms with Crippen LogP contribution in [-0.2, 0) is 0 Å². The Balaban J connectivity index is 4.50. The van der Waals surface area contributed by atoms with Gasteiger partial charge in [-0.2, -0.15) is 12.6 Å². The fraction of sp³-hybridized carbons (Fsp3) is 0.538. The van der Waals surface area contributed by atoms with Gasteiger partial charge in [0.15, 0.2) is 0 Å². The zero-order valence-electron chi connectivity index (χ0n) is 9.75. The highest BCUT2D eigenvalue weighted by Crippen LogP contribution is 2.24. The van der Waals surface area contributed by atoms with Crippen LogP contribution in [-0.4, -0.2) is 4.75 Å². The van der Waals surface area contributed by atoms with Crippen LogP contribution < -0.4 is 0 Å². The second-order valence-electron chi connectivity index (χ2n) is 3.90. The topological polar surface area (TPSA) is 0 Å². The minimum atomic E-state index is -0.0664. The second-order valence-corrected chi connectivity index (χ2v) is 5.02. The Morgan fingerprint density at radius 2 is 2.00 bits per heavy atom. The van der Waals surface area contributed by atoms with Crippen molar-refractivity contribution in [2.75, 3.05) is 0 Å². The minimum Gasteiger partial charge on any atom is -0.168 e. The number of hydrogen-bond donors (Lipinski definition) is 1. The van der Waals surface area contributed by atoms with Gasteiger partial charge in [0.05, 0.1) is 0 Å². The number of unbranched alkanes of at least 4 members (excludes halogenated alkanes) is 1. The average Bonchev–Trinajstić information content (AvgIpc) is 2.08. The zero-order valence-corrected chi connectivity index (χ0v) is 10.6. The normalized spacial score (nSPS) is 14.5. The summed E-state index contributed by atoms with van der Waals surface area (Å²) >= 11 is 4.56. The Bertz CT molecular complexity index is 226. The summed E-state index contributed by atoms with van der Waals surface area (Å²) < 4.78 is -0.0664. The lowest BCUT2D eigenvalue weighted by molar-refractivity contribution is 0.865.